The van der Waals surface area contributed by atoms with Gasteiger partial charge < -0.3 is 9.64 Å². The molecule has 0 aliphatic carbocycles. The van der Waals surface area contributed by atoms with Crippen LogP contribution in [-0.4, -0.2) is 23.1 Å². The molecule has 0 saturated carbocycles. The maximum absolute atomic E-state index is 12.4. The fraction of sp³-hybridized carbons (Fsp3) is 0.688. The number of carbonyl (C=O) groups excluding carboxylic acids is 1. The third-order valence-corrected chi connectivity index (χ3v) is 4.57. The topological polar surface area (TPSA) is 29.5 Å². The SMILES string of the molecule is CC(C)c1ccsc1[C@@H]1CCCN1C(=O)OC(C)(C)C. The molecule has 1 saturated heterocycles. The largest absolute Gasteiger partial charge is 0.444 e. The molecule has 1 aliphatic rings. The highest BCUT2D eigenvalue weighted by molar-refractivity contribution is 7.10. The quantitative estimate of drug-likeness (QED) is 0.773. The van der Waals surface area contributed by atoms with Gasteiger partial charge in [0.05, 0.1) is 6.04 Å². The van der Waals surface area contributed by atoms with Crippen molar-refractivity contribution in [3.8, 4) is 0 Å². The van der Waals surface area contributed by atoms with Crippen molar-refractivity contribution in [2.45, 2.75) is 65.0 Å². The molecule has 20 heavy (non-hydrogen) atoms. The van der Waals surface area contributed by atoms with Gasteiger partial charge in [-0.25, -0.2) is 4.79 Å². The van der Waals surface area contributed by atoms with E-state index in [-0.39, 0.29) is 12.1 Å². The molecule has 4 heteroatoms. The van der Waals surface area contributed by atoms with Crippen LogP contribution in [0.3, 0.4) is 0 Å². The Morgan fingerprint density at radius 2 is 2.15 bits per heavy atom. The number of carbonyl (C=O) groups is 1. The van der Waals surface area contributed by atoms with Gasteiger partial charge in [-0.3, -0.25) is 0 Å². The summed E-state index contributed by atoms with van der Waals surface area (Å²) in [5.74, 6) is 0.498. The van der Waals surface area contributed by atoms with Gasteiger partial charge in [0, 0.05) is 11.4 Å². The van der Waals surface area contributed by atoms with Crippen LogP contribution in [0.2, 0.25) is 0 Å². The van der Waals surface area contributed by atoms with Gasteiger partial charge in [-0.05, 0) is 56.5 Å². The molecule has 2 rings (SSSR count). The van der Waals surface area contributed by atoms with Gasteiger partial charge in [-0.2, -0.15) is 0 Å². The molecule has 1 aromatic rings. The summed E-state index contributed by atoms with van der Waals surface area (Å²) < 4.78 is 5.54. The van der Waals surface area contributed by atoms with Crippen molar-refractivity contribution >= 4 is 17.4 Å². The lowest BCUT2D eigenvalue weighted by molar-refractivity contribution is 0.0226. The molecule has 3 nitrogen and oxygen atoms in total. The lowest BCUT2D eigenvalue weighted by Crippen LogP contribution is -2.36. The van der Waals surface area contributed by atoms with Crippen molar-refractivity contribution in [1.82, 2.24) is 4.90 Å². The first-order valence-corrected chi connectivity index (χ1v) is 8.24. The summed E-state index contributed by atoms with van der Waals surface area (Å²) >= 11 is 1.76. The molecule has 0 N–H and O–H groups in total. The van der Waals surface area contributed by atoms with Crippen molar-refractivity contribution in [3.05, 3.63) is 21.9 Å². The van der Waals surface area contributed by atoms with E-state index in [0.29, 0.717) is 5.92 Å². The number of hydrogen-bond acceptors (Lipinski definition) is 3. The third-order valence-electron chi connectivity index (χ3n) is 3.53. The summed E-state index contributed by atoms with van der Waals surface area (Å²) in [6, 6.07) is 2.39. The maximum Gasteiger partial charge on any atom is 0.410 e. The van der Waals surface area contributed by atoms with Crippen molar-refractivity contribution in [3.63, 3.8) is 0 Å². The Labute approximate surface area is 125 Å². The first-order valence-electron chi connectivity index (χ1n) is 7.36. The highest BCUT2D eigenvalue weighted by Gasteiger charge is 2.35. The Hall–Kier alpha value is -1.03. The number of hydrogen-bond donors (Lipinski definition) is 0. The average molecular weight is 295 g/mol. The molecule has 1 aliphatic heterocycles. The zero-order chi connectivity index (χ0) is 14.9. The van der Waals surface area contributed by atoms with E-state index in [4.69, 9.17) is 4.74 Å². The molecule has 0 radical (unpaired) electrons. The molecule has 0 bridgehead atoms. The van der Waals surface area contributed by atoms with Crippen LogP contribution in [0.1, 0.15) is 69.9 Å². The van der Waals surface area contributed by atoms with Crippen molar-refractivity contribution in [1.29, 1.82) is 0 Å². The molecule has 0 unspecified atom stereocenters. The Morgan fingerprint density at radius 1 is 1.45 bits per heavy atom. The zero-order valence-electron chi connectivity index (χ0n) is 13.1. The van der Waals surface area contributed by atoms with Crippen LogP contribution in [0.15, 0.2) is 11.4 Å². The summed E-state index contributed by atoms with van der Waals surface area (Å²) in [5, 5.41) is 2.14. The summed E-state index contributed by atoms with van der Waals surface area (Å²) in [4.78, 5) is 15.6. The van der Waals surface area contributed by atoms with Crippen LogP contribution < -0.4 is 0 Å². The maximum atomic E-state index is 12.4. The van der Waals surface area contributed by atoms with E-state index < -0.39 is 5.60 Å². The van der Waals surface area contributed by atoms with E-state index in [1.165, 1.54) is 10.4 Å². The normalized spacial score (nSPS) is 19.7. The van der Waals surface area contributed by atoms with Gasteiger partial charge in [-0.1, -0.05) is 13.8 Å². The Bertz CT molecular complexity index is 473. The standard InChI is InChI=1S/C16H25NO2S/c1-11(2)12-8-10-20-14(12)13-7-6-9-17(13)15(18)19-16(3,4)5/h8,10-11,13H,6-7,9H2,1-5H3/t13-/m0/s1. The second-order valence-corrected chi connectivity index (χ2v) is 7.67. The van der Waals surface area contributed by atoms with Crippen LogP contribution in [-0.2, 0) is 4.74 Å². The Morgan fingerprint density at radius 3 is 2.75 bits per heavy atom. The zero-order valence-corrected chi connectivity index (χ0v) is 13.9. The number of thiophene rings is 1. The molecule has 1 aromatic heterocycles. The summed E-state index contributed by atoms with van der Waals surface area (Å²) in [6.45, 7) is 11.0. The monoisotopic (exact) mass is 295 g/mol. The van der Waals surface area contributed by atoms with Gasteiger partial charge in [-0.15, -0.1) is 11.3 Å². The number of nitrogens with zero attached hydrogens (tertiary/aromatic N) is 1. The molecule has 112 valence electrons. The van der Waals surface area contributed by atoms with Crippen LogP contribution in [0.4, 0.5) is 4.79 Å². The van der Waals surface area contributed by atoms with Gasteiger partial charge in [0.2, 0.25) is 0 Å². The van der Waals surface area contributed by atoms with Gasteiger partial charge >= 0.3 is 6.09 Å². The van der Waals surface area contributed by atoms with Crippen molar-refractivity contribution < 1.29 is 9.53 Å². The number of ether oxygens (including phenoxy) is 1. The fourth-order valence-electron chi connectivity index (χ4n) is 2.66. The van der Waals surface area contributed by atoms with Crippen LogP contribution in [0.5, 0.6) is 0 Å². The molecule has 1 amide bonds. The lowest BCUT2D eigenvalue weighted by Gasteiger charge is -2.29. The van der Waals surface area contributed by atoms with Gasteiger partial charge in [0.25, 0.3) is 0 Å². The van der Waals surface area contributed by atoms with E-state index in [2.05, 4.69) is 25.3 Å². The minimum atomic E-state index is -0.430. The highest BCUT2D eigenvalue weighted by Crippen LogP contribution is 2.39. The minimum absolute atomic E-state index is 0.178. The second kappa shape index (κ2) is 5.76. The van der Waals surface area contributed by atoms with E-state index >= 15 is 0 Å². The predicted octanol–water partition coefficient (Wildman–Crippen LogP) is 4.94. The fourth-order valence-corrected chi connectivity index (χ4v) is 3.86. The van der Waals surface area contributed by atoms with E-state index in [1.807, 2.05) is 25.7 Å². The minimum Gasteiger partial charge on any atom is -0.444 e. The average Bonchev–Trinajstić information content (AvgIpc) is 2.95. The molecule has 0 spiro atoms. The lowest BCUT2D eigenvalue weighted by atomic mass is 10.00. The van der Waals surface area contributed by atoms with Crippen LogP contribution in [0, 0.1) is 0 Å². The van der Waals surface area contributed by atoms with Gasteiger partial charge in [0.1, 0.15) is 5.60 Å². The smallest absolute Gasteiger partial charge is 0.410 e. The van der Waals surface area contributed by atoms with Gasteiger partial charge in [0.15, 0.2) is 0 Å². The van der Waals surface area contributed by atoms with E-state index in [1.54, 1.807) is 11.3 Å². The molecule has 0 aromatic carbocycles. The highest BCUT2D eigenvalue weighted by atomic mass is 32.1. The Kier molecular flexibility index (Phi) is 4.43. The first kappa shape index (κ1) is 15.4. The predicted molar refractivity (Wildman–Crippen MR) is 83.3 cm³/mol. The first-order chi connectivity index (χ1) is 9.29. The number of likely N-dealkylation sites (tertiary alicyclic amines) is 1. The molecule has 1 fully saturated rings. The van der Waals surface area contributed by atoms with Crippen LogP contribution in [0.25, 0.3) is 0 Å². The van der Waals surface area contributed by atoms with Crippen molar-refractivity contribution in [2.24, 2.45) is 0 Å². The summed E-state index contributed by atoms with van der Waals surface area (Å²) in [7, 11) is 0. The molecular weight excluding hydrogens is 270 g/mol. The molecular formula is C16H25NO2S. The van der Waals surface area contributed by atoms with E-state index in [0.717, 1.165) is 19.4 Å². The number of amides is 1. The third kappa shape index (κ3) is 3.35. The second-order valence-electron chi connectivity index (χ2n) is 6.73. The molecule has 1 atom stereocenters. The molecule has 2 heterocycles. The summed E-state index contributed by atoms with van der Waals surface area (Å²) in [5.41, 5.74) is 0.941. The van der Waals surface area contributed by atoms with Crippen LogP contribution >= 0.6 is 11.3 Å². The summed E-state index contributed by atoms with van der Waals surface area (Å²) in [6.07, 6.45) is 1.92. The van der Waals surface area contributed by atoms with Crippen molar-refractivity contribution in [2.75, 3.05) is 6.54 Å². The Balaban J connectivity index is 2.19. The number of rotatable bonds is 2. The van der Waals surface area contributed by atoms with E-state index in [9.17, 15) is 4.79 Å².